The molecule has 2 N–H and O–H groups in total. The van der Waals surface area contributed by atoms with E-state index in [0.717, 1.165) is 0 Å². The van der Waals surface area contributed by atoms with Crippen LogP contribution in [-0.4, -0.2) is 16.0 Å². The van der Waals surface area contributed by atoms with Crippen molar-refractivity contribution in [2.75, 3.05) is 0 Å². The first-order chi connectivity index (χ1) is 7.70. The molecule has 1 aliphatic carbocycles. The van der Waals surface area contributed by atoms with Gasteiger partial charge in [-0.1, -0.05) is 24.3 Å². The molecule has 0 saturated carbocycles. The first kappa shape index (κ1) is 9.21. The van der Waals surface area contributed by atoms with Crippen LogP contribution in [0.15, 0.2) is 24.3 Å². The Balaban J connectivity index is 2.53. The number of benzene rings is 2. The van der Waals surface area contributed by atoms with Crippen LogP contribution in [0.5, 0.6) is 11.5 Å². The zero-order valence-corrected chi connectivity index (χ0v) is 8.53. The van der Waals surface area contributed by atoms with Gasteiger partial charge in [0.05, 0.1) is 5.56 Å². The fourth-order valence-electron chi connectivity index (χ4n) is 2.36. The van der Waals surface area contributed by atoms with Gasteiger partial charge >= 0.3 is 0 Å². The van der Waals surface area contributed by atoms with Gasteiger partial charge in [0.2, 0.25) is 0 Å². The van der Waals surface area contributed by atoms with E-state index in [9.17, 15) is 15.0 Å². The van der Waals surface area contributed by atoms with Gasteiger partial charge in [-0.05, 0) is 6.42 Å². The van der Waals surface area contributed by atoms with Crippen molar-refractivity contribution in [1.29, 1.82) is 0 Å². The van der Waals surface area contributed by atoms with Crippen molar-refractivity contribution in [3.8, 4) is 11.5 Å². The number of phenols is 2. The van der Waals surface area contributed by atoms with Crippen LogP contribution in [0.1, 0.15) is 22.3 Å². The summed E-state index contributed by atoms with van der Waals surface area (Å²) in [5.41, 5.74) is 0.886. The summed E-state index contributed by atoms with van der Waals surface area (Å²) < 4.78 is 0. The number of carbonyl (C=O) groups excluding carboxylic acids is 1. The fourth-order valence-corrected chi connectivity index (χ4v) is 2.36. The Hall–Kier alpha value is -2.03. The largest absolute Gasteiger partial charge is 0.507 e. The van der Waals surface area contributed by atoms with Crippen molar-refractivity contribution < 1.29 is 15.0 Å². The molecule has 0 saturated heterocycles. The number of hydrogen-bond donors (Lipinski definition) is 2. The summed E-state index contributed by atoms with van der Waals surface area (Å²) in [7, 11) is 0. The predicted molar refractivity (Wildman–Crippen MR) is 59.9 cm³/mol. The van der Waals surface area contributed by atoms with Crippen molar-refractivity contribution in [2.45, 2.75) is 12.8 Å². The minimum Gasteiger partial charge on any atom is -0.507 e. The zero-order valence-electron chi connectivity index (χ0n) is 8.53. The van der Waals surface area contributed by atoms with Gasteiger partial charge in [-0.2, -0.15) is 0 Å². The quantitative estimate of drug-likeness (QED) is 0.662. The monoisotopic (exact) mass is 214 g/mol. The molecule has 0 fully saturated rings. The molecule has 3 nitrogen and oxygen atoms in total. The second-order valence-electron chi connectivity index (χ2n) is 4.02. The molecule has 0 heterocycles. The molecule has 2 aromatic carbocycles. The van der Waals surface area contributed by atoms with Gasteiger partial charge in [0.1, 0.15) is 11.5 Å². The Morgan fingerprint density at radius 3 is 2.25 bits per heavy atom. The van der Waals surface area contributed by atoms with E-state index < -0.39 is 0 Å². The zero-order chi connectivity index (χ0) is 11.3. The number of rotatable bonds is 0. The van der Waals surface area contributed by atoms with E-state index in [1.54, 1.807) is 24.3 Å². The van der Waals surface area contributed by atoms with Gasteiger partial charge in [0, 0.05) is 22.8 Å². The predicted octanol–water partition coefficient (Wildman–Crippen LogP) is 2.38. The summed E-state index contributed by atoms with van der Waals surface area (Å²) in [5, 5.41) is 21.2. The molecule has 0 atom stereocenters. The molecule has 0 spiro atoms. The number of phenolic OH excluding ortho intramolecular Hbond substituents is 2. The summed E-state index contributed by atoms with van der Waals surface area (Å²) >= 11 is 0. The van der Waals surface area contributed by atoms with Crippen LogP contribution in [0.3, 0.4) is 0 Å². The molecule has 0 bridgehead atoms. The Bertz CT molecular complexity index is 614. The number of aromatic hydroxyl groups is 2. The minimum absolute atomic E-state index is 0.00546. The molecule has 1 aliphatic rings. The van der Waals surface area contributed by atoms with E-state index in [1.807, 2.05) is 0 Å². The van der Waals surface area contributed by atoms with E-state index in [1.165, 1.54) is 0 Å². The number of ketones is 1. The molecule has 3 rings (SSSR count). The molecule has 0 amide bonds. The van der Waals surface area contributed by atoms with Gasteiger partial charge in [0.25, 0.3) is 0 Å². The first-order valence-corrected chi connectivity index (χ1v) is 5.19. The normalized spacial score (nSPS) is 14.4. The van der Waals surface area contributed by atoms with E-state index in [4.69, 9.17) is 0 Å². The minimum atomic E-state index is -0.0893. The van der Waals surface area contributed by atoms with E-state index in [-0.39, 0.29) is 17.3 Å². The second kappa shape index (κ2) is 2.98. The van der Waals surface area contributed by atoms with Crippen molar-refractivity contribution in [1.82, 2.24) is 0 Å². The summed E-state index contributed by atoms with van der Waals surface area (Å²) in [6, 6.07) is 7.02. The molecule has 16 heavy (non-hydrogen) atoms. The smallest absolute Gasteiger partial charge is 0.167 e. The lowest BCUT2D eigenvalue weighted by molar-refractivity contribution is 0.0992. The molecule has 0 aliphatic heterocycles. The first-order valence-electron chi connectivity index (χ1n) is 5.19. The highest BCUT2D eigenvalue weighted by Gasteiger charge is 2.28. The molecular formula is C13H10O3. The van der Waals surface area contributed by atoms with Crippen LogP contribution in [0.25, 0.3) is 10.8 Å². The third-order valence-electron chi connectivity index (χ3n) is 3.14. The van der Waals surface area contributed by atoms with Crippen LogP contribution in [-0.2, 0) is 6.42 Å². The van der Waals surface area contributed by atoms with Crippen molar-refractivity contribution in [2.24, 2.45) is 0 Å². The Labute approximate surface area is 92.0 Å². The maximum atomic E-state index is 11.6. The molecule has 0 radical (unpaired) electrons. The van der Waals surface area contributed by atoms with Crippen molar-refractivity contribution in [3.05, 3.63) is 35.4 Å². The Kier molecular flexibility index (Phi) is 1.72. The van der Waals surface area contributed by atoms with Gasteiger partial charge in [-0.25, -0.2) is 0 Å². The van der Waals surface area contributed by atoms with Crippen molar-refractivity contribution >= 4 is 16.6 Å². The second-order valence-corrected chi connectivity index (χ2v) is 4.02. The standard InChI is InChI=1S/C13H10O3/c14-10-6-5-9-11(10)13(16)8-4-2-1-3-7(8)12(9)15/h1-4,15-16H,5-6H2. The van der Waals surface area contributed by atoms with Crippen molar-refractivity contribution in [3.63, 3.8) is 0 Å². The Morgan fingerprint density at radius 2 is 1.56 bits per heavy atom. The van der Waals surface area contributed by atoms with Gasteiger partial charge in [-0.15, -0.1) is 0 Å². The SMILES string of the molecule is O=C1CCc2c1c(O)c1ccccc1c2O. The number of carbonyl (C=O) groups is 1. The maximum absolute atomic E-state index is 11.6. The molecular weight excluding hydrogens is 204 g/mol. The van der Waals surface area contributed by atoms with Crippen LogP contribution in [0.2, 0.25) is 0 Å². The summed E-state index contributed by atoms with van der Waals surface area (Å²) in [6.45, 7) is 0. The lowest BCUT2D eigenvalue weighted by Crippen LogP contribution is -1.93. The highest BCUT2D eigenvalue weighted by molar-refractivity contribution is 6.10. The highest BCUT2D eigenvalue weighted by Crippen LogP contribution is 2.43. The number of hydrogen-bond acceptors (Lipinski definition) is 3. The average Bonchev–Trinajstić information content (AvgIpc) is 2.69. The lowest BCUT2D eigenvalue weighted by Gasteiger charge is -2.09. The van der Waals surface area contributed by atoms with Gasteiger partial charge in [0.15, 0.2) is 5.78 Å². The fraction of sp³-hybridized carbons (Fsp3) is 0.154. The summed E-state index contributed by atoms with van der Waals surface area (Å²) in [5.74, 6) is 0.0497. The van der Waals surface area contributed by atoms with E-state index in [2.05, 4.69) is 0 Å². The van der Waals surface area contributed by atoms with Crippen LogP contribution in [0, 0.1) is 0 Å². The van der Waals surface area contributed by atoms with Crippen LogP contribution < -0.4 is 0 Å². The summed E-state index contributed by atoms with van der Waals surface area (Å²) in [4.78, 5) is 11.6. The van der Waals surface area contributed by atoms with Crippen LogP contribution >= 0.6 is 0 Å². The van der Waals surface area contributed by atoms with Gasteiger partial charge < -0.3 is 10.2 Å². The number of Topliss-reactive ketones (excluding diaryl/α,β-unsaturated/α-hetero) is 1. The van der Waals surface area contributed by atoms with E-state index >= 15 is 0 Å². The average molecular weight is 214 g/mol. The molecule has 0 unspecified atom stereocenters. The number of fused-ring (bicyclic) bond motifs is 2. The summed E-state index contributed by atoms with van der Waals surface area (Å²) in [6.07, 6.45) is 0.880. The Morgan fingerprint density at radius 1 is 0.938 bits per heavy atom. The highest BCUT2D eigenvalue weighted by atomic mass is 16.3. The molecule has 2 aromatic rings. The molecule has 80 valence electrons. The maximum Gasteiger partial charge on any atom is 0.167 e. The molecule has 0 aromatic heterocycles. The lowest BCUT2D eigenvalue weighted by atomic mass is 9.99. The third-order valence-corrected chi connectivity index (χ3v) is 3.14. The van der Waals surface area contributed by atoms with Crippen LogP contribution in [0.4, 0.5) is 0 Å². The molecule has 3 heteroatoms. The third kappa shape index (κ3) is 0.999. The van der Waals surface area contributed by atoms with E-state index in [0.29, 0.717) is 34.7 Å². The topological polar surface area (TPSA) is 57.5 Å². The van der Waals surface area contributed by atoms with Gasteiger partial charge in [-0.3, -0.25) is 4.79 Å².